The van der Waals surface area contributed by atoms with Gasteiger partial charge in [-0.25, -0.2) is 0 Å². The molecule has 4 nitrogen and oxygen atoms in total. The van der Waals surface area contributed by atoms with Crippen LogP contribution in [0.2, 0.25) is 0 Å². The summed E-state index contributed by atoms with van der Waals surface area (Å²) in [5, 5.41) is 3.07. The van der Waals surface area contributed by atoms with Gasteiger partial charge in [-0.15, -0.1) is 12.4 Å². The fourth-order valence-electron chi connectivity index (χ4n) is 2.63. The second-order valence-corrected chi connectivity index (χ2v) is 5.18. The molecule has 1 unspecified atom stereocenters. The number of hydrogen-bond donors (Lipinski definition) is 2. The molecule has 0 saturated heterocycles. The van der Waals surface area contributed by atoms with Gasteiger partial charge in [0.25, 0.3) is 5.91 Å². The molecule has 1 aliphatic carbocycles. The van der Waals surface area contributed by atoms with Crippen molar-refractivity contribution in [1.82, 2.24) is 9.88 Å². The number of amides is 1. The van der Waals surface area contributed by atoms with E-state index in [4.69, 9.17) is 5.73 Å². The zero-order valence-electron chi connectivity index (χ0n) is 11.9. The quantitative estimate of drug-likeness (QED) is 0.869. The van der Waals surface area contributed by atoms with Crippen LogP contribution in [0, 0.1) is 19.8 Å². The molecule has 19 heavy (non-hydrogen) atoms. The number of rotatable bonds is 5. The number of carbonyl (C=O) groups excluding carboxylic acids is 1. The molecule has 108 valence electrons. The highest BCUT2D eigenvalue weighted by atomic mass is 35.5. The molecule has 0 aromatic carbocycles. The van der Waals surface area contributed by atoms with E-state index in [-0.39, 0.29) is 24.4 Å². The molecule has 1 saturated carbocycles. The first kappa shape index (κ1) is 16.1. The molecule has 1 aromatic heterocycles. The molecule has 1 aromatic rings. The monoisotopic (exact) mass is 285 g/mol. The van der Waals surface area contributed by atoms with Crippen molar-refractivity contribution in [1.29, 1.82) is 0 Å². The van der Waals surface area contributed by atoms with Crippen molar-refractivity contribution in [2.75, 3.05) is 6.54 Å². The summed E-state index contributed by atoms with van der Waals surface area (Å²) in [6, 6.07) is 2.11. The predicted molar refractivity (Wildman–Crippen MR) is 79.9 cm³/mol. The minimum Gasteiger partial charge on any atom is -0.349 e. The third-order valence-corrected chi connectivity index (χ3v) is 3.90. The maximum absolute atomic E-state index is 12.3. The lowest BCUT2D eigenvalue weighted by Gasteiger charge is -2.16. The number of nitrogens with zero attached hydrogens (tertiary/aromatic N) is 1. The first-order valence-corrected chi connectivity index (χ1v) is 6.76. The van der Waals surface area contributed by atoms with E-state index in [1.807, 2.05) is 19.9 Å². The van der Waals surface area contributed by atoms with Crippen LogP contribution in [0.25, 0.3) is 0 Å². The van der Waals surface area contributed by atoms with Crippen molar-refractivity contribution in [3.63, 3.8) is 0 Å². The van der Waals surface area contributed by atoms with Crippen LogP contribution in [0.4, 0.5) is 0 Å². The van der Waals surface area contributed by atoms with Gasteiger partial charge in [0.15, 0.2) is 0 Å². The van der Waals surface area contributed by atoms with E-state index < -0.39 is 0 Å². The van der Waals surface area contributed by atoms with Crippen molar-refractivity contribution >= 4 is 18.3 Å². The van der Waals surface area contributed by atoms with Crippen LogP contribution in [-0.2, 0) is 6.54 Å². The van der Waals surface area contributed by atoms with Gasteiger partial charge in [0.05, 0.1) is 5.56 Å². The van der Waals surface area contributed by atoms with E-state index in [1.165, 1.54) is 12.8 Å². The number of nitrogens with one attached hydrogen (secondary N) is 1. The summed E-state index contributed by atoms with van der Waals surface area (Å²) in [5.74, 6) is 0.610. The molecule has 3 N–H and O–H groups in total. The van der Waals surface area contributed by atoms with Crippen molar-refractivity contribution in [2.24, 2.45) is 11.7 Å². The summed E-state index contributed by atoms with van der Waals surface area (Å²) < 4.78 is 2.16. The third-order valence-electron chi connectivity index (χ3n) is 3.90. The highest BCUT2D eigenvalue weighted by Crippen LogP contribution is 2.32. The summed E-state index contributed by atoms with van der Waals surface area (Å²) in [5.41, 5.74) is 8.68. The van der Waals surface area contributed by atoms with Crippen molar-refractivity contribution in [2.45, 2.75) is 46.2 Å². The summed E-state index contributed by atoms with van der Waals surface area (Å²) in [6.45, 7) is 7.56. The van der Waals surface area contributed by atoms with Crippen LogP contribution in [0.15, 0.2) is 6.07 Å². The van der Waals surface area contributed by atoms with E-state index in [9.17, 15) is 4.79 Å². The Morgan fingerprint density at radius 2 is 2.16 bits per heavy atom. The molecule has 1 aliphatic rings. The average Bonchev–Trinajstić information content (AvgIpc) is 3.13. The van der Waals surface area contributed by atoms with Gasteiger partial charge in [0, 0.05) is 30.5 Å². The normalized spacial score (nSPS) is 15.8. The maximum Gasteiger partial charge on any atom is 0.253 e. The van der Waals surface area contributed by atoms with Gasteiger partial charge in [0.1, 0.15) is 0 Å². The van der Waals surface area contributed by atoms with E-state index in [0.29, 0.717) is 12.5 Å². The Morgan fingerprint density at radius 3 is 2.58 bits per heavy atom. The van der Waals surface area contributed by atoms with Gasteiger partial charge in [-0.05, 0) is 45.6 Å². The third kappa shape index (κ3) is 3.31. The zero-order chi connectivity index (χ0) is 13.3. The minimum atomic E-state index is 0. The fourth-order valence-corrected chi connectivity index (χ4v) is 2.63. The summed E-state index contributed by atoms with van der Waals surface area (Å²) in [6.07, 6.45) is 2.38. The van der Waals surface area contributed by atoms with Gasteiger partial charge in [-0.1, -0.05) is 0 Å². The Labute approximate surface area is 121 Å². The van der Waals surface area contributed by atoms with Crippen LogP contribution in [0.3, 0.4) is 0 Å². The Kier molecular flexibility index (Phi) is 5.44. The van der Waals surface area contributed by atoms with E-state index in [0.717, 1.165) is 23.5 Å². The molecule has 1 amide bonds. The van der Waals surface area contributed by atoms with Gasteiger partial charge in [-0.2, -0.15) is 0 Å². The van der Waals surface area contributed by atoms with E-state index in [1.54, 1.807) is 0 Å². The SMILES string of the molecule is CCn1c(C)cc(C(=O)NC(CN)C2CC2)c1C.Cl. The Morgan fingerprint density at radius 1 is 1.53 bits per heavy atom. The van der Waals surface area contributed by atoms with E-state index >= 15 is 0 Å². The molecule has 1 heterocycles. The minimum absolute atomic E-state index is 0. The first-order valence-electron chi connectivity index (χ1n) is 6.76. The molecular formula is C14H24ClN3O. The number of aryl methyl sites for hydroxylation is 1. The summed E-state index contributed by atoms with van der Waals surface area (Å²) in [4.78, 5) is 12.3. The van der Waals surface area contributed by atoms with Gasteiger partial charge in [0.2, 0.25) is 0 Å². The molecular weight excluding hydrogens is 262 g/mol. The van der Waals surface area contributed by atoms with Crippen LogP contribution >= 0.6 is 12.4 Å². The number of halogens is 1. The maximum atomic E-state index is 12.3. The smallest absolute Gasteiger partial charge is 0.253 e. The highest BCUT2D eigenvalue weighted by molar-refractivity contribution is 5.96. The Hall–Kier alpha value is -1.00. The average molecular weight is 286 g/mol. The number of nitrogens with two attached hydrogens (primary N) is 1. The van der Waals surface area contributed by atoms with Crippen LogP contribution in [0.1, 0.15) is 41.5 Å². The summed E-state index contributed by atoms with van der Waals surface area (Å²) >= 11 is 0. The molecule has 5 heteroatoms. The number of aromatic nitrogens is 1. The highest BCUT2D eigenvalue weighted by Gasteiger charge is 2.31. The molecule has 1 fully saturated rings. The molecule has 0 spiro atoms. The first-order chi connectivity index (χ1) is 8.58. The van der Waals surface area contributed by atoms with Crippen molar-refractivity contribution in [3.05, 3.63) is 23.0 Å². The molecule has 0 radical (unpaired) electrons. The van der Waals surface area contributed by atoms with Crippen LogP contribution in [-0.4, -0.2) is 23.1 Å². The van der Waals surface area contributed by atoms with Gasteiger partial charge in [-0.3, -0.25) is 4.79 Å². The topological polar surface area (TPSA) is 60.0 Å². The Balaban J connectivity index is 0.00000180. The number of hydrogen-bond acceptors (Lipinski definition) is 2. The number of carbonyl (C=O) groups is 1. The molecule has 0 bridgehead atoms. The van der Waals surface area contributed by atoms with Crippen LogP contribution in [0.5, 0.6) is 0 Å². The lowest BCUT2D eigenvalue weighted by molar-refractivity contribution is 0.0933. The standard InChI is InChI=1S/C14H23N3O.ClH/c1-4-17-9(2)7-12(10(17)3)14(18)16-13(8-15)11-5-6-11;/h7,11,13H,4-6,8,15H2,1-3H3,(H,16,18);1H. The lowest BCUT2D eigenvalue weighted by Crippen LogP contribution is -2.41. The van der Waals surface area contributed by atoms with Crippen LogP contribution < -0.4 is 11.1 Å². The molecule has 0 aliphatic heterocycles. The second kappa shape index (κ2) is 6.44. The van der Waals surface area contributed by atoms with Gasteiger partial charge >= 0.3 is 0 Å². The second-order valence-electron chi connectivity index (χ2n) is 5.18. The fraction of sp³-hybridized carbons (Fsp3) is 0.643. The molecule has 1 atom stereocenters. The summed E-state index contributed by atoms with van der Waals surface area (Å²) in [7, 11) is 0. The largest absolute Gasteiger partial charge is 0.349 e. The zero-order valence-corrected chi connectivity index (χ0v) is 12.7. The molecule has 2 rings (SSSR count). The Bertz CT molecular complexity index is 452. The lowest BCUT2D eigenvalue weighted by atomic mass is 10.1. The van der Waals surface area contributed by atoms with Crippen molar-refractivity contribution < 1.29 is 4.79 Å². The predicted octanol–water partition coefficient (Wildman–Crippen LogP) is 2.01. The van der Waals surface area contributed by atoms with E-state index in [2.05, 4.69) is 16.8 Å². The van der Waals surface area contributed by atoms with Gasteiger partial charge < -0.3 is 15.6 Å². The van der Waals surface area contributed by atoms with Crippen molar-refractivity contribution in [3.8, 4) is 0 Å².